The van der Waals surface area contributed by atoms with Crippen molar-refractivity contribution in [1.29, 1.82) is 0 Å². The van der Waals surface area contributed by atoms with Gasteiger partial charge in [0.05, 0.1) is 0 Å². The lowest BCUT2D eigenvalue weighted by atomic mass is 9.60. The fourth-order valence-corrected chi connectivity index (χ4v) is 7.01. The summed E-state index contributed by atoms with van der Waals surface area (Å²) in [4.78, 5) is 11.7. The van der Waals surface area contributed by atoms with Crippen LogP contribution in [-0.4, -0.2) is 12.1 Å². The third-order valence-corrected chi connectivity index (χ3v) is 8.92. The highest BCUT2D eigenvalue weighted by Crippen LogP contribution is 2.60. The van der Waals surface area contributed by atoms with E-state index >= 15 is 0 Å². The first-order chi connectivity index (χ1) is 15.2. The highest BCUT2D eigenvalue weighted by molar-refractivity contribution is 5.69. The third kappa shape index (κ3) is 5.97. The summed E-state index contributed by atoms with van der Waals surface area (Å²) in [5, 5.41) is 0. The summed E-state index contributed by atoms with van der Waals surface area (Å²) in [6.07, 6.45) is 18.8. The number of hydrogen-bond acceptors (Lipinski definition) is 2. The van der Waals surface area contributed by atoms with Crippen molar-refractivity contribution in [2.24, 2.45) is 29.1 Å². The van der Waals surface area contributed by atoms with E-state index in [0.29, 0.717) is 11.8 Å². The minimum atomic E-state index is -0.0808. The van der Waals surface area contributed by atoms with E-state index in [9.17, 15) is 4.79 Å². The van der Waals surface area contributed by atoms with Gasteiger partial charge in [-0.15, -0.1) is 0 Å². The maximum absolute atomic E-state index is 11.7. The first-order valence-corrected chi connectivity index (χ1v) is 13.5. The van der Waals surface area contributed by atoms with Crippen LogP contribution >= 0.6 is 0 Å². The third-order valence-electron chi connectivity index (χ3n) is 8.92. The van der Waals surface area contributed by atoms with Gasteiger partial charge in [-0.05, 0) is 79.6 Å². The average molecular weight is 441 g/mol. The summed E-state index contributed by atoms with van der Waals surface area (Å²) < 4.78 is 5.64. The van der Waals surface area contributed by atoms with E-state index < -0.39 is 0 Å². The fraction of sp³-hybridized carbons (Fsp3) is 0.767. The zero-order valence-corrected chi connectivity index (χ0v) is 21.6. The Kier molecular flexibility index (Phi) is 8.87. The molecule has 3 aliphatic carbocycles. The molecule has 32 heavy (non-hydrogen) atoms. The molecule has 0 radical (unpaired) electrons. The van der Waals surface area contributed by atoms with Crippen molar-refractivity contribution < 1.29 is 9.53 Å². The Morgan fingerprint density at radius 1 is 1.16 bits per heavy atom. The molecule has 0 aliphatic heterocycles. The Hall–Kier alpha value is -1.31. The van der Waals surface area contributed by atoms with Crippen molar-refractivity contribution in [3.63, 3.8) is 0 Å². The summed E-state index contributed by atoms with van der Waals surface area (Å²) >= 11 is 0. The molecule has 3 aliphatic rings. The van der Waals surface area contributed by atoms with Crippen LogP contribution in [0.5, 0.6) is 0 Å². The Morgan fingerprint density at radius 3 is 2.66 bits per heavy atom. The van der Waals surface area contributed by atoms with Crippen molar-refractivity contribution in [3.05, 3.63) is 35.5 Å². The molecule has 3 saturated carbocycles. The van der Waals surface area contributed by atoms with Crippen LogP contribution in [-0.2, 0) is 9.53 Å². The van der Waals surface area contributed by atoms with E-state index in [4.69, 9.17) is 4.74 Å². The predicted molar refractivity (Wildman–Crippen MR) is 135 cm³/mol. The number of carbonyl (C=O) groups excluding carboxylic acids is 1. The minimum absolute atomic E-state index is 0.0248. The monoisotopic (exact) mass is 440 g/mol. The van der Waals surface area contributed by atoms with E-state index in [1.807, 2.05) is 6.92 Å². The summed E-state index contributed by atoms with van der Waals surface area (Å²) in [5.41, 5.74) is 4.67. The molecular formula is C30H48O2. The second kappa shape index (κ2) is 11.2. The van der Waals surface area contributed by atoms with E-state index in [2.05, 4.69) is 46.4 Å². The van der Waals surface area contributed by atoms with Crippen molar-refractivity contribution >= 4 is 5.97 Å². The van der Waals surface area contributed by atoms with Gasteiger partial charge in [0.1, 0.15) is 6.10 Å². The number of ether oxygens (including phenoxy) is 1. The Balaban J connectivity index is 1.68. The second-order valence-electron chi connectivity index (χ2n) is 11.6. The molecular weight excluding hydrogens is 392 g/mol. The largest absolute Gasteiger partial charge is 0.462 e. The second-order valence-corrected chi connectivity index (χ2v) is 11.6. The number of esters is 1. The molecule has 0 aromatic rings. The van der Waals surface area contributed by atoms with Gasteiger partial charge >= 0.3 is 5.97 Å². The van der Waals surface area contributed by atoms with Gasteiger partial charge in [0.2, 0.25) is 0 Å². The van der Waals surface area contributed by atoms with Gasteiger partial charge < -0.3 is 4.74 Å². The van der Waals surface area contributed by atoms with Gasteiger partial charge in [-0.1, -0.05) is 83.8 Å². The predicted octanol–water partition coefficient (Wildman–Crippen LogP) is 8.58. The lowest BCUT2D eigenvalue weighted by Crippen LogP contribution is -2.36. The maximum atomic E-state index is 11.7. The molecule has 0 amide bonds. The zero-order chi connectivity index (χ0) is 23.3. The molecule has 0 spiro atoms. The number of hydrogen-bond donors (Lipinski definition) is 0. The molecule has 0 aromatic carbocycles. The first kappa shape index (κ1) is 25.3. The quantitative estimate of drug-likeness (QED) is 0.353. The molecule has 5 atom stereocenters. The normalized spacial score (nSPS) is 34.2. The molecule has 0 bridgehead atoms. The SMILES string of the molecule is C=C1CC[C@H](OC(=O)CC)C/C1=C/C=C1\CCC[C@]2(C)[C@@H]([C@H](C)CCCC(C)C)CC[C@@H]12. The molecule has 180 valence electrons. The smallest absolute Gasteiger partial charge is 0.305 e. The van der Waals surface area contributed by atoms with E-state index in [1.54, 1.807) is 5.57 Å². The van der Waals surface area contributed by atoms with Crippen LogP contribution in [0.1, 0.15) is 112 Å². The lowest BCUT2D eigenvalue weighted by Gasteiger charge is -2.44. The van der Waals surface area contributed by atoms with Crippen molar-refractivity contribution in [2.75, 3.05) is 0 Å². The highest BCUT2D eigenvalue weighted by Gasteiger charge is 2.50. The Bertz CT molecular complexity index is 727. The number of allylic oxidation sites excluding steroid dienone is 4. The van der Waals surface area contributed by atoms with Gasteiger partial charge in [-0.25, -0.2) is 0 Å². The zero-order valence-electron chi connectivity index (χ0n) is 21.6. The highest BCUT2D eigenvalue weighted by atomic mass is 16.5. The van der Waals surface area contributed by atoms with Crippen LogP contribution in [0.2, 0.25) is 0 Å². The minimum Gasteiger partial charge on any atom is -0.462 e. The molecule has 0 saturated heterocycles. The number of rotatable bonds is 8. The fourth-order valence-electron chi connectivity index (χ4n) is 7.01. The first-order valence-electron chi connectivity index (χ1n) is 13.5. The van der Waals surface area contributed by atoms with Crippen LogP contribution < -0.4 is 0 Å². The topological polar surface area (TPSA) is 26.3 Å². The molecule has 3 fully saturated rings. The van der Waals surface area contributed by atoms with E-state index in [-0.39, 0.29) is 12.1 Å². The summed E-state index contributed by atoms with van der Waals surface area (Å²) in [6.45, 7) is 16.0. The number of carbonyl (C=O) groups is 1. The average Bonchev–Trinajstić information content (AvgIpc) is 3.11. The van der Waals surface area contributed by atoms with Gasteiger partial charge in [0, 0.05) is 12.8 Å². The maximum Gasteiger partial charge on any atom is 0.305 e. The van der Waals surface area contributed by atoms with Crippen molar-refractivity contribution in [2.45, 2.75) is 118 Å². The van der Waals surface area contributed by atoms with Crippen LogP contribution in [0.25, 0.3) is 0 Å². The van der Waals surface area contributed by atoms with Crippen molar-refractivity contribution in [3.8, 4) is 0 Å². The van der Waals surface area contributed by atoms with Crippen LogP contribution in [0.15, 0.2) is 35.5 Å². The molecule has 0 unspecified atom stereocenters. The van der Waals surface area contributed by atoms with Crippen LogP contribution in [0.3, 0.4) is 0 Å². The molecule has 0 heterocycles. The van der Waals surface area contributed by atoms with Crippen LogP contribution in [0, 0.1) is 29.1 Å². The van der Waals surface area contributed by atoms with E-state index in [1.165, 1.54) is 62.5 Å². The summed E-state index contributed by atoms with van der Waals surface area (Å²) in [7, 11) is 0. The molecule has 2 nitrogen and oxygen atoms in total. The number of fused-ring (bicyclic) bond motifs is 1. The van der Waals surface area contributed by atoms with Gasteiger partial charge in [0.15, 0.2) is 0 Å². The molecule has 3 rings (SSSR count). The Morgan fingerprint density at radius 2 is 1.94 bits per heavy atom. The summed E-state index contributed by atoms with van der Waals surface area (Å²) in [6, 6.07) is 0. The molecule has 2 heteroatoms. The van der Waals surface area contributed by atoms with Gasteiger partial charge in [-0.2, -0.15) is 0 Å². The standard InChI is InChI=1S/C30H48O2/c1-7-29(31)32-26-16-13-22(4)25(20-26)15-14-24-12-9-19-30(6)27(17-18-28(24)30)23(5)11-8-10-21(2)3/h14-15,21,23,26-28H,4,7-13,16-20H2,1-3,5-6H3/b24-14+,25-15-/t23-,26+,27-,28+,30-/m1/s1. The molecule has 0 N–H and O–H groups in total. The Labute approximate surface area is 198 Å². The van der Waals surface area contributed by atoms with Gasteiger partial charge in [-0.3, -0.25) is 4.79 Å². The van der Waals surface area contributed by atoms with Crippen LogP contribution in [0.4, 0.5) is 0 Å². The summed E-state index contributed by atoms with van der Waals surface area (Å²) in [5.74, 6) is 3.21. The lowest BCUT2D eigenvalue weighted by molar-refractivity contribution is -0.149. The molecule has 0 aromatic heterocycles. The van der Waals surface area contributed by atoms with Gasteiger partial charge in [0.25, 0.3) is 0 Å². The van der Waals surface area contributed by atoms with E-state index in [0.717, 1.165) is 42.9 Å². The van der Waals surface area contributed by atoms with Crippen molar-refractivity contribution in [1.82, 2.24) is 0 Å².